The largest absolute Gasteiger partial charge is 0.486 e. The average molecular weight is 329 g/mol. The Labute approximate surface area is 136 Å². The predicted molar refractivity (Wildman–Crippen MR) is 88.5 cm³/mol. The summed E-state index contributed by atoms with van der Waals surface area (Å²) in [4.78, 5) is 19.3. The maximum atomic E-state index is 12.0. The molecule has 0 unspecified atom stereocenters. The third-order valence-electron chi connectivity index (χ3n) is 3.83. The molecule has 0 atom stereocenters. The second-order valence-electron chi connectivity index (χ2n) is 5.34. The molecule has 0 bridgehead atoms. The summed E-state index contributed by atoms with van der Waals surface area (Å²) in [6.07, 6.45) is 1.59. The van der Waals surface area contributed by atoms with Crippen molar-refractivity contribution >= 4 is 22.5 Å². The third-order valence-corrected chi connectivity index (χ3v) is 4.12. The highest BCUT2D eigenvalue weighted by Crippen LogP contribution is 2.43. The molecule has 1 aliphatic rings. The van der Waals surface area contributed by atoms with Crippen LogP contribution in [0.3, 0.4) is 0 Å². The van der Waals surface area contributed by atoms with Gasteiger partial charge in [0.05, 0.1) is 27.2 Å². The van der Waals surface area contributed by atoms with Crippen molar-refractivity contribution in [1.82, 2.24) is 9.97 Å². The first-order chi connectivity index (χ1) is 11.1. The Morgan fingerprint density at radius 2 is 2.09 bits per heavy atom. The minimum Gasteiger partial charge on any atom is -0.486 e. The zero-order valence-corrected chi connectivity index (χ0v) is 13.1. The number of ether oxygens (including phenoxy) is 2. The lowest BCUT2D eigenvalue weighted by Crippen LogP contribution is -2.16. The van der Waals surface area contributed by atoms with Crippen LogP contribution < -0.4 is 15.0 Å². The van der Waals surface area contributed by atoms with Gasteiger partial charge in [0.2, 0.25) is 0 Å². The number of aromatic amines is 1. The predicted octanol–water partition coefficient (Wildman–Crippen LogP) is 3.32. The van der Waals surface area contributed by atoms with Crippen LogP contribution in [0, 0.1) is 6.92 Å². The van der Waals surface area contributed by atoms with E-state index in [4.69, 9.17) is 21.1 Å². The highest BCUT2D eigenvalue weighted by Gasteiger charge is 2.21. The molecule has 1 aromatic carbocycles. The zero-order chi connectivity index (χ0) is 16.0. The number of hydrogen-bond acceptors (Lipinski definition) is 4. The van der Waals surface area contributed by atoms with E-state index in [1.807, 2.05) is 13.0 Å². The van der Waals surface area contributed by atoms with Crippen molar-refractivity contribution in [1.29, 1.82) is 0 Å². The van der Waals surface area contributed by atoms with Crippen molar-refractivity contribution in [3.05, 3.63) is 51.4 Å². The summed E-state index contributed by atoms with van der Waals surface area (Å²) in [5.41, 5.74) is 2.43. The Morgan fingerprint density at radius 3 is 2.91 bits per heavy atom. The van der Waals surface area contributed by atoms with Gasteiger partial charge in [-0.15, -0.1) is 0 Å². The number of nitrogens with one attached hydrogen (secondary N) is 1. The number of aryl methyl sites for hydroxylation is 1. The summed E-state index contributed by atoms with van der Waals surface area (Å²) < 4.78 is 11.4. The normalized spacial score (nSPS) is 13.3. The summed E-state index contributed by atoms with van der Waals surface area (Å²) in [6.45, 7) is 2.93. The number of aromatic nitrogens is 2. The number of pyridine rings is 2. The van der Waals surface area contributed by atoms with Gasteiger partial charge < -0.3 is 14.5 Å². The maximum Gasteiger partial charge on any atom is 0.257 e. The number of benzene rings is 1. The van der Waals surface area contributed by atoms with Gasteiger partial charge in [-0.2, -0.15) is 0 Å². The highest BCUT2D eigenvalue weighted by atomic mass is 35.5. The quantitative estimate of drug-likeness (QED) is 0.744. The molecule has 1 aliphatic heterocycles. The molecule has 0 amide bonds. The summed E-state index contributed by atoms with van der Waals surface area (Å²) in [5.74, 6) is 1.29. The van der Waals surface area contributed by atoms with Crippen LogP contribution in [-0.2, 0) is 0 Å². The lowest BCUT2D eigenvalue weighted by atomic mass is 10.0. The van der Waals surface area contributed by atoms with Crippen LogP contribution in [0.2, 0.25) is 5.02 Å². The number of hydrogen-bond donors (Lipinski definition) is 1. The van der Waals surface area contributed by atoms with E-state index in [1.54, 1.807) is 24.4 Å². The molecule has 0 fully saturated rings. The van der Waals surface area contributed by atoms with E-state index in [9.17, 15) is 4.79 Å². The molecule has 23 heavy (non-hydrogen) atoms. The Balaban J connectivity index is 2.04. The van der Waals surface area contributed by atoms with Crippen LogP contribution in [0.5, 0.6) is 11.5 Å². The van der Waals surface area contributed by atoms with E-state index in [0.29, 0.717) is 46.5 Å². The monoisotopic (exact) mass is 328 g/mol. The van der Waals surface area contributed by atoms with Gasteiger partial charge in [0.1, 0.15) is 13.2 Å². The molecule has 0 saturated heterocycles. The van der Waals surface area contributed by atoms with Gasteiger partial charge in [-0.05, 0) is 30.7 Å². The number of nitrogens with zero attached hydrogens (tertiary/aromatic N) is 1. The summed E-state index contributed by atoms with van der Waals surface area (Å²) in [7, 11) is 0. The van der Waals surface area contributed by atoms with Crippen LogP contribution in [0.4, 0.5) is 0 Å². The zero-order valence-electron chi connectivity index (χ0n) is 12.4. The van der Waals surface area contributed by atoms with Crippen molar-refractivity contribution in [3.8, 4) is 22.8 Å². The van der Waals surface area contributed by atoms with Crippen molar-refractivity contribution in [2.24, 2.45) is 0 Å². The van der Waals surface area contributed by atoms with E-state index in [0.717, 1.165) is 10.9 Å². The maximum absolute atomic E-state index is 12.0. The Hall–Kier alpha value is -2.53. The molecule has 0 spiro atoms. The van der Waals surface area contributed by atoms with E-state index >= 15 is 0 Å². The molecule has 1 N–H and O–H groups in total. The van der Waals surface area contributed by atoms with E-state index in [-0.39, 0.29) is 5.56 Å². The van der Waals surface area contributed by atoms with Gasteiger partial charge in [0.15, 0.2) is 11.5 Å². The van der Waals surface area contributed by atoms with Gasteiger partial charge in [-0.1, -0.05) is 11.6 Å². The van der Waals surface area contributed by atoms with E-state index in [1.165, 1.54) is 0 Å². The summed E-state index contributed by atoms with van der Waals surface area (Å²) in [5, 5.41) is 1.30. The standard InChI is InChI=1S/C17H13ClN2O3/c1-9-7-12(10-3-2-4-19-17(10)21)20-15-11(18)8-13-16(14(9)15)23-6-5-22-13/h2-4,7-8H,5-6H2,1H3,(H,19,21). The van der Waals surface area contributed by atoms with Crippen LogP contribution in [0.1, 0.15) is 5.56 Å². The Kier molecular flexibility index (Phi) is 3.23. The summed E-state index contributed by atoms with van der Waals surface area (Å²) in [6, 6.07) is 7.08. The van der Waals surface area contributed by atoms with Gasteiger partial charge in [-0.3, -0.25) is 4.79 Å². The Bertz CT molecular complexity index is 981. The Morgan fingerprint density at radius 1 is 1.26 bits per heavy atom. The fourth-order valence-corrected chi connectivity index (χ4v) is 3.05. The van der Waals surface area contributed by atoms with Crippen molar-refractivity contribution in [3.63, 3.8) is 0 Å². The molecule has 0 radical (unpaired) electrons. The smallest absolute Gasteiger partial charge is 0.257 e. The lowest BCUT2D eigenvalue weighted by Gasteiger charge is -2.21. The summed E-state index contributed by atoms with van der Waals surface area (Å²) >= 11 is 6.38. The van der Waals surface area contributed by atoms with Gasteiger partial charge in [0, 0.05) is 12.3 Å². The van der Waals surface area contributed by atoms with Crippen LogP contribution in [0.25, 0.3) is 22.2 Å². The van der Waals surface area contributed by atoms with Crippen LogP contribution in [-0.4, -0.2) is 23.2 Å². The SMILES string of the molecule is Cc1cc(-c2ccc[nH]c2=O)nc2c(Cl)cc3c(c12)OCCO3. The molecular formula is C17H13ClN2O3. The van der Waals surface area contributed by atoms with Gasteiger partial charge in [0.25, 0.3) is 5.56 Å². The van der Waals surface area contributed by atoms with Gasteiger partial charge in [-0.25, -0.2) is 4.98 Å². The molecule has 0 saturated carbocycles. The van der Waals surface area contributed by atoms with Crippen LogP contribution >= 0.6 is 11.6 Å². The molecular weight excluding hydrogens is 316 g/mol. The highest BCUT2D eigenvalue weighted by molar-refractivity contribution is 6.35. The van der Waals surface area contributed by atoms with E-state index in [2.05, 4.69) is 9.97 Å². The molecule has 2 aromatic heterocycles. The number of fused-ring (bicyclic) bond motifs is 3. The molecule has 3 heterocycles. The number of H-pyrrole nitrogens is 1. The first kappa shape index (κ1) is 14.1. The van der Waals surface area contributed by atoms with Crippen molar-refractivity contribution in [2.75, 3.05) is 13.2 Å². The molecule has 6 heteroatoms. The fourth-order valence-electron chi connectivity index (χ4n) is 2.81. The van der Waals surface area contributed by atoms with Crippen LogP contribution in [0.15, 0.2) is 35.3 Å². The average Bonchev–Trinajstić information content (AvgIpc) is 2.55. The fraction of sp³-hybridized carbons (Fsp3) is 0.176. The molecule has 5 nitrogen and oxygen atoms in total. The molecule has 3 aromatic rings. The number of halogens is 1. The molecule has 0 aliphatic carbocycles. The minimum atomic E-state index is -0.188. The van der Waals surface area contributed by atoms with Crippen molar-refractivity contribution < 1.29 is 9.47 Å². The van der Waals surface area contributed by atoms with E-state index < -0.39 is 0 Å². The van der Waals surface area contributed by atoms with Crippen molar-refractivity contribution in [2.45, 2.75) is 6.92 Å². The first-order valence-electron chi connectivity index (χ1n) is 7.22. The molecule has 116 valence electrons. The second kappa shape index (κ2) is 5.28. The lowest BCUT2D eigenvalue weighted by molar-refractivity contribution is 0.174. The topological polar surface area (TPSA) is 64.2 Å². The third kappa shape index (κ3) is 2.24. The minimum absolute atomic E-state index is 0.188. The first-order valence-corrected chi connectivity index (χ1v) is 7.60. The molecule has 4 rings (SSSR count). The number of rotatable bonds is 1. The van der Waals surface area contributed by atoms with Gasteiger partial charge >= 0.3 is 0 Å². The second-order valence-corrected chi connectivity index (χ2v) is 5.75.